The molecule has 0 atom stereocenters. The second-order valence-electron chi connectivity index (χ2n) is 4.27. The number of hydrogen-bond donors (Lipinski definition) is 1. The van der Waals surface area contributed by atoms with Gasteiger partial charge in [0.15, 0.2) is 0 Å². The van der Waals surface area contributed by atoms with E-state index in [2.05, 4.69) is 14.7 Å². The van der Waals surface area contributed by atoms with Crippen molar-refractivity contribution in [3.63, 3.8) is 0 Å². The number of alkyl halides is 3. The highest BCUT2D eigenvalue weighted by Gasteiger charge is 2.27. The standard InChI is InChI=1S/C12H13F3N2O/c1-7-3-8(2)11-9(4-7)16-10(17-11)5-18-6-12(13,14)15/h3-4H,5-6H2,1-2H3,(H,16,17). The molecule has 0 fully saturated rings. The van der Waals surface area contributed by atoms with Crippen LogP contribution in [-0.4, -0.2) is 22.8 Å². The van der Waals surface area contributed by atoms with Crippen LogP contribution in [0.3, 0.4) is 0 Å². The van der Waals surface area contributed by atoms with Crippen LogP contribution in [0.15, 0.2) is 12.1 Å². The number of aryl methyl sites for hydroxylation is 2. The average Bonchev–Trinajstić information content (AvgIpc) is 2.58. The molecule has 18 heavy (non-hydrogen) atoms. The summed E-state index contributed by atoms with van der Waals surface area (Å²) in [6, 6.07) is 3.88. The van der Waals surface area contributed by atoms with E-state index in [0.29, 0.717) is 5.82 Å². The Morgan fingerprint density at radius 2 is 2.00 bits per heavy atom. The van der Waals surface area contributed by atoms with Crippen molar-refractivity contribution in [2.24, 2.45) is 0 Å². The molecule has 1 aromatic heterocycles. The normalized spacial score (nSPS) is 12.3. The highest BCUT2D eigenvalue weighted by molar-refractivity contribution is 5.79. The van der Waals surface area contributed by atoms with E-state index in [1.54, 1.807) is 0 Å². The van der Waals surface area contributed by atoms with E-state index in [0.717, 1.165) is 22.2 Å². The third-order valence-electron chi connectivity index (χ3n) is 2.48. The number of ether oxygens (including phenoxy) is 1. The Bertz CT molecular complexity index is 560. The fourth-order valence-electron chi connectivity index (χ4n) is 1.85. The fourth-order valence-corrected chi connectivity index (χ4v) is 1.85. The molecule has 1 N–H and O–H groups in total. The summed E-state index contributed by atoms with van der Waals surface area (Å²) in [6.45, 7) is 2.43. The molecule has 0 bridgehead atoms. The van der Waals surface area contributed by atoms with Gasteiger partial charge in [-0.3, -0.25) is 0 Å². The molecule has 0 saturated heterocycles. The average molecular weight is 258 g/mol. The molecule has 1 heterocycles. The maximum atomic E-state index is 11.9. The van der Waals surface area contributed by atoms with Gasteiger partial charge in [-0.25, -0.2) is 4.98 Å². The predicted octanol–water partition coefficient (Wildman–Crippen LogP) is 3.26. The lowest BCUT2D eigenvalue weighted by Gasteiger charge is -2.05. The minimum Gasteiger partial charge on any atom is -0.364 e. The lowest BCUT2D eigenvalue weighted by atomic mass is 10.1. The Morgan fingerprint density at radius 1 is 1.28 bits per heavy atom. The quantitative estimate of drug-likeness (QED) is 0.917. The van der Waals surface area contributed by atoms with Crippen LogP contribution in [0.4, 0.5) is 13.2 Å². The molecule has 0 amide bonds. The zero-order chi connectivity index (χ0) is 13.3. The molecular weight excluding hydrogens is 245 g/mol. The summed E-state index contributed by atoms with van der Waals surface area (Å²) in [4.78, 5) is 7.19. The van der Waals surface area contributed by atoms with E-state index in [1.165, 1.54) is 0 Å². The Kier molecular flexibility index (Phi) is 3.30. The van der Waals surface area contributed by atoms with E-state index in [1.807, 2.05) is 26.0 Å². The van der Waals surface area contributed by atoms with Gasteiger partial charge in [-0.2, -0.15) is 13.2 Å². The number of nitrogens with one attached hydrogen (secondary N) is 1. The first-order valence-electron chi connectivity index (χ1n) is 5.45. The van der Waals surface area contributed by atoms with Crippen LogP contribution in [-0.2, 0) is 11.3 Å². The number of fused-ring (bicyclic) bond motifs is 1. The van der Waals surface area contributed by atoms with Gasteiger partial charge in [-0.15, -0.1) is 0 Å². The number of aromatic nitrogens is 2. The van der Waals surface area contributed by atoms with E-state index in [9.17, 15) is 13.2 Å². The molecule has 1 aromatic carbocycles. The summed E-state index contributed by atoms with van der Waals surface area (Å²) in [5.41, 5.74) is 3.65. The Morgan fingerprint density at radius 3 is 2.67 bits per heavy atom. The van der Waals surface area contributed by atoms with E-state index in [4.69, 9.17) is 0 Å². The van der Waals surface area contributed by atoms with Crippen molar-refractivity contribution in [3.8, 4) is 0 Å². The Hall–Kier alpha value is -1.56. The molecule has 0 unspecified atom stereocenters. The maximum Gasteiger partial charge on any atom is 0.411 e. The number of hydrogen-bond acceptors (Lipinski definition) is 2. The Balaban J connectivity index is 2.13. The van der Waals surface area contributed by atoms with Crippen molar-refractivity contribution in [1.82, 2.24) is 9.97 Å². The SMILES string of the molecule is Cc1cc(C)c2nc(COCC(F)(F)F)[nH]c2c1. The second-order valence-corrected chi connectivity index (χ2v) is 4.27. The number of aromatic amines is 1. The van der Waals surface area contributed by atoms with Crippen LogP contribution in [0.5, 0.6) is 0 Å². The molecule has 98 valence electrons. The topological polar surface area (TPSA) is 37.9 Å². The van der Waals surface area contributed by atoms with Crippen LogP contribution >= 0.6 is 0 Å². The fraction of sp³-hybridized carbons (Fsp3) is 0.417. The van der Waals surface area contributed by atoms with Gasteiger partial charge in [-0.05, 0) is 31.0 Å². The molecule has 0 spiro atoms. The first-order valence-corrected chi connectivity index (χ1v) is 5.45. The van der Waals surface area contributed by atoms with Gasteiger partial charge in [0.1, 0.15) is 19.0 Å². The number of halogens is 3. The van der Waals surface area contributed by atoms with E-state index >= 15 is 0 Å². The molecule has 3 nitrogen and oxygen atoms in total. The monoisotopic (exact) mass is 258 g/mol. The summed E-state index contributed by atoms with van der Waals surface area (Å²) in [7, 11) is 0. The molecule has 0 aliphatic rings. The molecule has 0 radical (unpaired) electrons. The van der Waals surface area contributed by atoms with Crippen LogP contribution in [0.1, 0.15) is 17.0 Å². The van der Waals surface area contributed by atoms with Crippen molar-refractivity contribution in [3.05, 3.63) is 29.1 Å². The summed E-state index contributed by atoms with van der Waals surface area (Å²) in [5, 5.41) is 0. The minimum absolute atomic E-state index is 0.174. The van der Waals surface area contributed by atoms with Gasteiger partial charge in [0.25, 0.3) is 0 Å². The minimum atomic E-state index is -4.31. The van der Waals surface area contributed by atoms with Gasteiger partial charge >= 0.3 is 6.18 Å². The first kappa shape index (κ1) is 12.9. The summed E-state index contributed by atoms with van der Waals surface area (Å²) < 4.78 is 40.3. The van der Waals surface area contributed by atoms with Gasteiger partial charge in [0.05, 0.1) is 11.0 Å². The van der Waals surface area contributed by atoms with Crippen LogP contribution in [0.2, 0.25) is 0 Å². The molecular formula is C12H13F3N2O. The highest BCUT2D eigenvalue weighted by Crippen LogP contribution is 2.19. The van der Waals surface area contributed by atoms with Crippen molar-refractivity contribution < 1.29 is 17.9 Å². The van der Waals surface area contributed by atoms with Crippen molar-refractivity contribution in [2.75, 3.05) is 6.61 Å². The van der Waals surface area contributed by atoms with Crippen molar-refractivity contribution in [2.45, 2.75) is 26.6 Å². The lowest BCUT2D eigenvalue weighted by Crippen LogP contribution is -2.16. The molecule has 6 heteroatoms. The number of nitrogens with zero attached hydrogens (tertiary/aromatic N) is 1. The zero-order valence-electron chi connectivity index (χ0n) is 10.1. The van der Waals surface area contributed by atoms with Gasteiger partial charge in [-0.1, -0.05) is 6.07 Å². The van der Waals surface area contributed by atoms with Crippen molar-refractivity contribution in [1.29, 1.82) is 0 Å². The summed E-state index contributed by atoms with van der Waals surface area (Å²) in [6.07, 6.45) is -4.31. The smallest absolute Gasteiger partial charge is 0.364 e. The maximum absolute atomic E-state index is 11.9. The number of benzene rings is 1. The number of imidazole rings is 1. The number of H-pyrrole nitrogens is 1. The predicted molar refractivity (Wildman–Crippen MR) is 61.3 cm³/mol. The van der Waals surface area contributed by atoms with Gasteiger partial charge < -0.3 is 9.72 Å². The van der Waals surface area contributed by atoms with Crippen LogP contribution in [0.25, 0.3) is 11.0 Å². The Labute approximate surface area is 102 Å². The molecule has 0 aliphatic carbocycles. The third-order valence-corrected chi connectivity index (χ3v) is 2.48. The molecule has 0 saturated carbocycles. The van der Waals surface area contributed by atoms with E-state index in [-0.39, 0.29) is 6.61 Å². The highest BCUT2D eigenvalue weighted by atomic mass is 19.4. The molecule has 2 aromatic rings. The zero-order valence-corrected chi connectivity index (χ0v) is 10.1. The second kappa shape index (κ2) is 4.61. The first-order chi connectivity index (χ1) is 8.35. The van der Waals surface area contributed by atoms with Crippen molar-refractivity contribution >= 4 is 11.0 Å². The molecule has 0 aliphatic heterocycles. The third kappa shape index (κ3) is 3.01. The summed E-state index contributed by atoms with van der Waals surface area (Å²) in [5.74, 6) is 0.406. The molecule has 2 rings (SSSR count). The van der Waals surface area contributed by atoms with E-state index < -0.39 is 12.8 Å². The van der Waals surface area contributed by atoms with Gasteiger partial charge in [0.2, 0.25) is 0 Å². The lowest BCUT2D eigenvalue weighted by molar-refractivity contribution is -0.177. The van der Waals surface area contributed by atoms with Gasteiger partial charge in [0, 0.05) is 0 Å². The number of rotatable bonds is 3. The van der Waals surface area contributed by atoms with Crippen LogP contribution < -0.4 is 0 Å². The largest absolute Gasteiger partial charge is 0.411 e. The van der Waals surface area contributed by atoms with Crippen LogP contribution in [0, 0.1) is 13.8 Å². The summed E-state index contributed by atoms with van der Waals surface area (Å²) >= 11 is 0.